The average Bonchev–Trinajstić information content (AvgIpc) is 3.17. The Morgan fingerprint density at radius 2 is 1.87 bits per heavy atom. The fourth-order valence-electron chi connectivity index (χ4n) is 3.20. The lowest BCUT2D eigenvalue weighted by Crippen LogP contribution is -2.23. The molecule has 0 saturated heterocycles. The van der Waals surface area contributed by atoms with Gasteiger partial charge >= 0.3 is 0 Å². The molecule has 7 heteroatoms. The van der Waals surface area contributed by atoms with Gasteiger partial charge in [-0.1, -0.05) is 30.3 Å². The van der Waals surface area contributed by atoms with Crippen LogP contribution < -0.4 is 15.4 Å². The van der Waals surface area contributed by atoms with E-state index in [-0.39, 0.29) is 5.91 Å². The minimum absolute atomic E-state index is 0.119. The second-order valence-corrected chi connectivity index (χ2v) is 8.08. The maximum Gasteiger partial charge on any atom is 0.251 e. The molecule has 0 spiro atoms. The summed E-state index contributed by atoms with van der Waals surface area (Å²) >= 11 is 1.65. The first-order valence-electron chi connectivity index (χ1n) is 9.58. The Morgan fingerprint density at radius 1 is 1.07 bits per heavy atom. The summed E-state index contributed by atoms with van der Waals surface area (Å²) in [7, 11) is 1.62. The highest BCUT2D eigenvalue weighted by Crippen LogP contribution is 2.27. The van der Waals surface area contributed by atoms with Gasteiger partial charge in [0.15, 0.2) is 0 Å². The van der Waals surface area contributed by atoms with Crippen molar-refractivity contribution in [3.05, 3.63) is 82.5 Å². The molecule has 0 bridgehead atoms. The van der Waals surface area contributed by atoms with Crippen molar-refractivity contribution in [2.75, 3.05) is 12.4 Å². The molecule has 4 rings (SSSR count). The van der Waals surface area contributed by atoms with Crippen LogP contribution in [0.4, 0.5) is 5.82 Å². The highest BCUT2D eigenvalue weighted by atomic mass is 32.1. The quantitative estimate of drug-likeness (QED) is 0.460. The van der Waals surface area contributed by atoms with Crippen LogP contribution in [0.3, 0.4) is 0 Å². The molecule has 2 N–H and O–H groups in total. The predicted octanol–water partition coefficient (Wildman–Crippen LogP) is 4.55. The number of benzene rings is 2. The Kier molecular flexibility index (Phi) is 5.90. The van der Waals surface area contributed by atoms with Gasteiger partial charge in [-0.05, 0) is 36.8 Å². The molecule has 4 aromatic rings. The molecule has 2 heterocycles. The van der Waals surface area contributed by atoms with E-state index < -0.39 is 0 Å². The summed E-state index contributed by atoms with van der Waals surface area (Å²) in [5.74, 6) is 1.47. The molecular weight excluding hydrogens is 396 g/mol. The molecule has 0 aliphatic heterocycles. The Labute approximate surface area is 179 Å². The summed E-state index contributed by atoms with van der Waals surface area (Å²) in [4.78, 5) is 23.3. The number of carbonyl (C=O) groups is 1. The molecule has 1 amide bonds. The zero-order valence-electron chi connectivity index (χ0n) is 16.8. The van der Waals surface area contributed by atoms with E-state index in [9.17, 15) is 4.79 Å². The van der Waals surface area contributed by atoms with Crippen LogP contribution in [0.25, 0.3) is 10.2 Å². The highest BCUT2D eigenvalue weighted by molar-refractivity contribution is 7.18. The lowest BCUT2D eigenvalue weighted by atomic mass is 10.1. The van der Waals surface area contributed by atoms with E-state index >= 15 is 0 Å². The van der Waals surface area contributed by atoms with E-state index in [4.69, 9.17) is 4.74 Å². The summed E-state index contributed by atoms with van der Waals surface area (Å²) in [6.45, 7) is 3.09. The van der Waals surface area contributed by atoms with Crippen molar-refractivity contribution in [3.8, 4) is 5.75 Å². The van der Waals surface area contributed by atoms with E-state index in [0.29, 0.717) is 18.7 Å². The van der Waals surface area contributed by atoms with Gasteiger partial charge in [-0.25, -0.2) is 9.97 Å². The highest BCUT2D eigenvalue weighted by Gasteiger charge is 2.09. The van der Waals surface area contributed by atoms with Crippen LogP contribution >= 0.6 is 11.3 Å². The minimum atomic E-state index is -0.119. The van der Waals surface area contributed by atoms with Crippen LogP contribution in [0.2, 0.25) is 0 Å². The number of methoxy groups -OCH3 is 1. The molecule has 2 aromatic carbocycles. The molecule has 0 radical (unpaired) electrons. The fourth-order valence-corrected chi connectivity index (χ4v) is 4.05. The number of aryl methyl sites for hydroxylation is 1. The first kappa shape index (κ1) is 19.8. The number of para-hydroxylation sites is 1. The summed E-state index contributed by atoms with van der Waals surface area (Å²) in [6.07, 6.45) is 1.58. The normalized spacial score (nSPS) is 10.7. The Balaban J connectivity index is 1.37. The first-order valence-corrected chi connectivity index (χ1v) is 10.4. The summed E-state index contributed by atoms with van der Waals surface area (Å²) in [6, 6.07) is 17.3. The van der Waals surface area contributed by atoms with Gasteiger partial charge in [0, 0.05) is 29.1 Å². The topological polar surface area (TPSA) is 76.1 Å². The smallest absolute Gasteiger partial charge is 0.251 e. The first-order chi connectivity index (χ1) is 14.6. The summed E-state index contributed by atoms with van der Waals surface area (Å²) < 4.78 is 5.32. The van der Waals surface area contributed by atoms with Crippen molar-refractivity contribution in [1.82, 2.24) is 15.3 Å². The maximum atomic E-state index is 12.5. The third-order valence-corrected chi connectivity index (χ3v) is 5.72. The SMILES string of the molecule is COc1ccccc1CNC(=O)c1ccc(CNc2ncnc3sc(C)cc23)cc1. The zero-order chi connectivity index (χ0) is 20.9. The summed E-state index contributed by atoms with van der Waals surface area (Å²) in [5, 5.41) is 7.34. The van der Waals surface area contributed by atoms with Crippen LogP contribution in [0.15, 0.2) is 60.9 Å². The van der Waals surface area contributed by atoms with E-state index in [0.717, 1.165) is 32.9 Å². The van der Waals surface area contributed by atoms with Crippen molar-refractivity contribution in [1.29, 1.82) is 0 Å². The van der Waals surface area contributed by atoms with Crippen LogP contribution in [0.1, 0.15) is 26.4 Å². The lowest BCUT2D eigenvalue weighted by Gasteiger charge is -2.10. The second kappa shape index (κ2) is 8.92. The Morgan fingerprint density at radius 3 is 2.67 bits per heavy atom. The molecule has 6 nitrogen and oxygen atoms in total. The lowest BCUT2D eigenvalue weighted by molar-refractivity contribution is 0.0950. The van der Waals surface area contributed by atoms with Gasteiger partial charge < -0.3 is 15.4 Å². The molecule has 0 saturated carbocycles. The van der Waals surface area contributed by atoms with Crippen molar-refractivity contribution >= 4 is 33.3 Å². The van der Waals surface area contributed by atoms with Crippen molar-refractivity contribution in [2.45, 2.75) is 20.0 Å². The molecule has 0 atom stereocenters. The minimum Gasteiger partial charge on any atom is -0.496 e. The number of amides is 1. The number of ether oxygens (including phenoxy) is 1. The predicted molar refractivity (Wildman–Crippen MR) is 120 cm³/mol. The molecule has 152 valence electrons. The number of hydrogen-bond donors (Lipinski definition) is 2. The van der Waals surface area contributed by atoms with Gasteiger partial charge in [0.25, 0.3) is 5.91 Å². The number of anilines is 1. The number of rotatable bonds is 7. The number of fused-ring (bicyclic) bond motifs is 1. The second-order valence-electron chi connectivity index (χ2n) is 6.84. The molecule has 30 heavy (non-hydrogen) atoms. The number of nitrogens with one attached hydrogen (secondary N) is 2. The zero-order valence-corrected chi connectivity index (χ0v) is 17.6. The van der Waals surface area contributed by atoms with Crippen molar-refractivity contribution in [2.24, 2.45) is 0 Å². The number of nitrogens with zero attached hydrogens (tertiary/aromatic N) is 2. The number of carbonyl (C=O) groups excluding carboxylic acids is 1. The van der Waals surface area contributed by atoms with E-state index in [1.165, 1.54) is 4.88 Å². The Bertz CT molecular complexity index is 1170. The van der Waals surface area contributed by atoms with Crippen LogP contribution in [0.5, 0.6) is 5.75 Å². The molecule has 0 aliphatic rings. The van der Waals surface area contributed by atoms with Gasteiger partial charge in [-0.3, -0.25) is 4.79 Å². The standard InChI is InChI=1S/C23H22N4O2S/c1-15-11-19-21(26-14-27-23(19)30-15)24-12-16-7-9-17(10-8-16)22(28)25-13-18-5-3-4-6-20(18)29-2/h3-11,14H,12-13H2,1-2H3,(H,25,28)(H,24,26,27). The van der Waals surface area contributed by atoms with E-state index in [1.54, 1.807) is 24.8 Å². The third-order valence-electron chi connectivity index (χ3n) is 4.76. The number of hydrogen-bond acceptors (Lipinski definition) is 6. The maximum absolute atomic E-state index is 12.5. The Hall–Kier alpha value is -3.45. The van der Waals surface area contributed by atoms with Crippen LogP contribution in [0, 0.1) is 6.92 Å². The van der Waals surface area contributed by atoms with Crippen LogP contribution in [-0.2, 0) is 13.1 Å². The molecule has 0 aliphatic carbocycles. The molecule has 0 fully saturated rings. The van der Waals surface area contributed by atoms with Gasteiger partial charge in [-0.15, -0.1) is 11.3 Å². The van der Waals surface area contributed by atoms with E-state index in [1.807, 2.05) is 48.5 Å². The van der Waals surface area contributed by atoms with Gasteiger partial charge in [0.1, 0.15) is 22.7 Å². The number of aromatic nitrogens is 2. The molecule has 0 unspecified atom stereocenters. The van der Waals surface area contributed by atoms with Crippen molar-refractivity contribution < 1.29 is 9.53 Å². The van der Waals surface area contributed by atoms with Gasteiger partial charge in [-0.2, -0.15) is 0 Å². The average molecular weight is 419 g/mol. The number of thiophene rings is 1. The van der Waals surface area contributed by atoms with Crippen LogP contribution in [-0.4, -0.2) is 23.0 Å². The molecular formula is C23H22N4O2S. The van der Waals surface area contributed by atoms with Gasteiger partial charge in [0.05, 0.1) is 12.5 Å². The van der Waals surface area contributed by atoms with Gasteiger partial charge in [0.2, 0.25) is 0 Å². The van der Waals surface area contributed by atoms with E-state index in [2.05, 4.69) is 33.6 Å². The summed E-state index contributed by atoms with van der Waals surface area (Å²) in [5.41, 5.74) is 2.62. The third kappa shape index (κ3) is 4.41. The molecule has 2 aromatic heterocycles. The fraction of sp³-hybridized carbons (Fsp3) is 0.174. The largest absolute Gasteiger partial charge is 0.496 e. The van der Waals surface area contributed by atoms with Crippen molar-refractivity contribution in [3.63, 3.8) is 0 Å². The monoisotopic (exact) mass is 418 g/mol.